The van der Waals surface area contributed by atoms with E-state index in [2.05, 4.69) is 11.6 Å². The fraction of sp³-hybridized carbons (Fsp3) is 0.250. The van der Waals surface area contributed by atoms with Crippen LogP contribution in [0.2, 0.25) is 0 Å². The summed E-state index contributed by atoms with van der Waals surface area (Å²) in [6, 6.07) is 0.206. The number of benzene rings is 1. The van der Waals surface area contributed by atoms with Gasteiger partial charge in [0.15, 0.2) is 5.69 Å². The first-order chi connectivity index (χ1) is 14.3. The van der Waals surface area contributed by atoms with Crippen LogP contribution in [0.1, 0.15) is 22.4 Å². The standard InChI is InChI=1S/C16H10F9N3O3S/c1-2-28-12(29)6-11(16(23,24)25)26-13(28)27-32(30,31)7-8-3-4-9(14(17,18)19)5-10(8)15(20,21)22/h2-6H,1,7H2,(H,26,27). The SMILES string of the molecule is C=Cn1c(NS(=O)(=O)Cc2ccc(C(F)(F)F)cc2C(F)(F)F)nc(C(F)(F)F)cc1=O. The summed E-state index contributed by atoms with van der Waals surface area (Å²) < 4.78 is 143. The number of rotatable bonds is 5. The second kappa shape index (κ2) is 8.14. The maximum atomic E-state index is 13.2. The summed E-state index contributed by atoms with van der Waals surface area (Å²) in [6.45, 7) is 3.09. The maximum Gasteiger partial charge on any atom is 0.433 e. The van der Waals surface area contributed by atoms with Crippen molar-refractivity contribution in [3.05, 3.63) is 63.6 Å². The zero-order chi connectivity index (χ0) is 24.7. The summed E-state index contributed by atoms with van der Waals surface area (Å²) in [5, 5.41) is 0. The number of hydrogen-bond acceptors (Lipinski definition) is 4. The predicted molar refractivity (Wildman–Crippen MR) is 92.6 cm³/mol. The molecular formula is C16H10F9N3O3S. The van der Waals surface area contributed by atoms with Gasteiger partial charge in [-0.1, -0.05) is 12.6 Å². The van der Waals surface area contributed by atoms with Crippen LogP contribution in [0.25, 0.3) is 6.20 Å². The predicted octanol–water partition coefficient (Wildman–Crippen LogP) is 4.34. The first-order valence-corrected chi connectivity index (χ1v) is 9.61. The highest BCUT2D eigenvalue weighted by Gasteiger charge is 2.39. The Morgan fingerprint density at radius 1 is 0.969 bits per heavy atom. The van der Waals surface area contributed by atoms with E-state index in [1.807, 2.05) is 0 Å². The van der Waals surface area contributed by atoms with E-state index in [9.17, 15) is 52.7 Å². The van der Waals surface area contributed by atoms with E-state index in [-0.39, 0.29) is 28.8 Å². The van der Waals surface area contributed by atoms with Crippen LogP contribution in [0, 0.1) is 0 Å². The average molecular weight is 495 g/mol. The Kier molecular flexibility index (Phi) is 6.42. The molecular weight excluding hydrogens is 485 g/mol. The lowest BCUT2D eigenvalue weighted by Crippen LogP contribution is -2.27. The van der Waals surface area contributed by atoms with Crippen LogP contribution in [0.15, 0.2) is 35.6 Å². The summed E-state index contributed by atoms with van der Waals surface area (Å²) >= 11 is 0. The van der Waals surface area contributed by atoms with Crippen molar-refractivity contribution in [1.29, 1.82) is 0 Å². The average Bonchev–Trinajstić information content (AvgIpc) is 2.58. The number of anilines is 1. The highest BCUT2D eigenvalue weighted by Crippen LogP contribution is 2.38. The smallest absolute Gasteiger partial charge is 0.269 e. The maximum absolute atomic E-state index is 13.2. The van der Waals surface area contributed by atoms with Gasteiger partial charge in [-0.3, -0.25) is 14.1 Å². The van der Waals surface area contributed by atoms with Crippen molar-refractivity contribution in [2.75, 3.05) is 4.72 Å². The lowest BCUT2D eigenvalue weighted by Gasteiger charge is -2.17. The zero-order valence-electron chi connectivity index (χ0n) is 15.2. The summed E-state index contributed by atoms with van der Waals surface area (Å²) in [6.07, 6.45) is -15.1. The minimum atomic E-state index is -5.39. The second-order valence-corrected chi connectivity index (χ2v) is 7.80. The third kappa shape index (κ3) is 5.80. The van der Waals surface area contributed by atoms with Crippen molar-refractivity contribution in [1.82, 2.24) is 9.55 Å². The van der Waals surface area contributed by atoms with E-state index >= 15 is 0 Å². The number of hydrogen-bond donors (Lipinski definition) is 1. The van der Waals surface area contributed by atoms with Gasteiger partial charge in [-0.15, -0.1) is 0 Å². The molecule has 176 valence electrons. The first kappa shape index (κ1) is 25.2. The van der Waals surface area contributed by atoms with Crippen LogP contribution in [0.3, 0.4) is 0 Å². The van der Waals surface area contributed by atoms with Gasteiger partial charge in [-0.25, -0.2) is 13.4 Å². The van der Waals surface area contributed by atoms with Gasteiger partial charge < -0.3 is 0 Å². The molecule has 0 saturated carbocycles. The molecule has 1 aromatic heterocycles. The van der Waals surface area contributed by atoms with Crippen molar-refractivity contribution in [2.45, 2.75) is 24.3 Å². The van der Waals surface area contributed by atoms with E-state index in [0.29, 0.717) is 6.20 Å². The van der Waals surface area contributed by atoms with Crippen LogP contribution < -0.4 is 10.3 Å². The lowest BCUT2D eigenvalue weighted by molar-refractivity contribution is -0.143. The molecule has 1 aromatic carbocycles. The van der Waals surface area contributed by atoms with Crippen LogP contribution in [0.5, 0.6) is 0 Å². The monoisotopic (exact) mass is 495 g/mol. The Labute approximate surface area is 173 Å². The number of alkyl halides is 9. The Balaban J connectivity index is 2.53. The quantitative estimate of drug-likeness (QED) is 0.626. The van der Waals surface area contributed by atoms with Crippen LogP contribution in [-0.4, -0.2) is 18.0 Å². The zero-order valence-corrected chi connectivity index (χ0v) is 16.0. The third-order valence-corrected chi connectivity index (χ3v) is 4.94. The Morgan fingerprint density at radius 3 is 2.03 bits per heavy atom. The molecule has 0 atom stereocenters. The molecule has 0 radical (unpaired) electrons. The van der Waals surface area contributed by atoms with Crippen LogP contribution in [-0.2, 0) is 34.3 Å². The highest BCUT2D eigenvalue weighted by atomic mass is 32.2. The number of nitrogens with one attached hydrogen (secondary N) is 1. The van der Waals surface area contributed by atoms with Gasteiger partial charge in [0.1, 0.15) is 0 Å². The highest BCUT2D eigenvalue weighted by molar-refractivity contribution is 7.91. The van der Waals surface area contributed by atoms with Crippen molar-refractivity contribution < 1.29 is 47.9 Å². The molecule has 0 fully saturated rings. The van der Waals surface area contributed by atoms with Crippen LogP contribution in [0.4, 0.5) is 45.5 Å². The molecule has 6 nitrogen and oxygen atoms in total. The van der Waals surface area contributed by atoms with Gasteiger partial charge in [0.2, 0.25) is 16.0 Å². The molecule has 0 bridgehead atoms. The molecule has 1 heterocycles. The molecule has 1 N–H and O–H groups in total. The molecule has 0 saturated heterocycles. The van der Waals surface area contributed by atoms with E-state index in [0.717, 1.165) is 0 Å². The minimum Gasteiger partial charge on any atom is -0.269 e. The first-order valence-electron chi connectivity index (χ1n) is 7.96. The molecule has 0 unspecified atom stereocenters. The molecule has 2 aromatic rings. The summed E-state index contributed by atoms with van der Waals surface area (Å²) in [4.78, 5) is 14.7. The van der Waals surface area contributed by atoms with Gasteiger partial charge in [0, 0.05) is 12.3 Å². The van der Waals surface area contributed by atoms with Gasteiger partial charge in [-0.2, -0.15) is 39.5 Å². The largest absolute Gasteiger partial charge is 0.433 e. The third-order valence-electron chi connectivity index (χ3n) is 3.76. The van der Waals surface area contributed by atoms with E-state index in [4.69, 9.17) is 0 Å². The Bertz CT molecular complexity index is 1200. The van der Waals surface area contributed by atoms with E-state index in [1.54, 1.807) is 0 Å². The van der Waals surface area contributed by atoms with Crippen molar-refractivity contribution in [2.24, 2.45) is 0 Å². The summed E-state index contributed by atoms with van der Waals surface area (Å²) in [7, 11) is -5.00. The Hall–Kier alpha value is -3.04. The number of sulfonamides is 1. The molecule has 0 amide bonds. The minimum absolute atomic E-state index is 0.0249. The van der Waals surface area contributed by atoms with Crippen LogP contribution >= 0.6 is 0 Å². The molecule has 0 aliphatic heterocycles. The fourth-order valence-corrected chi connectivity index (χ4v) is 3.56. The molecule has 16 heteroatoms. The van der Waals surface area contributed by atoms with Crippen molar-refractivity contribution in [3.8, 4) is 0 Å². The van der Waals surface area contributed by atoms with Gasteiger partial charge in [0.25, 0.3) is 5.56 Å². The van der Waals surface area contributed by atoms with Crippen molar-refractivity contribution in [3.63, 3.8) is 0 Å². The summed E-state index contributed by atoms with van der Waals surface area (Å²) in [5.41, 5.74) is -7.96. The van der Waals surface area contributed by atoms with Crippen molar-refractivity contribution >= 4 is 22.2 Å². The Morgan fingerprint density at radius 2 is 1.56 bits per heavy atom. The fourth-order valence-electron chi connectivity index (χ4n) is 2.41. The lowest BCUT2D eigenvalue weighted by atomic mass is 10.0. The van der Waals surface area contributed by atoms with E-state index < -0.39 is 68.2 Å². The number of halogens is 9. The number of nitrogens with zero attached hydrogens (tertiary/aromatic N) is 2. The molecule has 32 heavy (non-hydrogen) atoms. The number of aromatic nitrogens is 2. The summed E-state index contributed by atoms with van der Waals surface area (Å²) in [5.74, 6) is -2.83. The van der Waals surface area contributed by atoms with Gasteiger partial charge in [0.05, 0.1) is 16.9 Å². The molecule has 0 aliphatic rings. The molecule has 0 aliphatic carbocycles. The van der Waals surface area contributed by atoms with Gasteiger partial charge in [-0.05, 0) is 17.7 Å². The molecule has 2 rings (SSSR count). The van der Waals surface area contributed by atoms with E-state index in [1.165, 1.54) is 4.72 Å². The second-order valence-electron chi connectivity index (χ2n) is 6.08. The topological polar surface area (TPSA) is 81.1 Å². The van der Waals surface area contributed by atoms with Gasteiger partial charge >= 0.3 is 18.5 Å². The molecule has 0 spiro atoms. The normalized spacial score (nSPS) is 13.2.